The number of likely N-dealkylation sites (N-methyl/N-ethyl adjacent to an activating group) is 1. The molecule has 0 aliphatic carbocycles. The Hall–Kier alpha value is -1.93. The number of hydrogen-bond acceptors (Lipinski definition) is 5. The molecule has 1 aromatic heterocycles. The van der Waals surface area contributed by atoms with Gasteiger partial charge in [-0.2, -0.15) is 5.10 Å². The van der Waals surface area contributed by atoms with Gasteiger partial charge < -0.3 is 14.7 Å². The molecule has 2 atom stereocenters. The van der Waals surface area contributed by atoms with Gasteiger partial charge in [-0.15, -0.1) is 0 Å². The van der Waals surface area contributed by atoms with E-state index in [2.05, 4.69) is 17.0 Å². The summed E-state index contributed by atoms with van der Waals surface area (Å²) in [6.45, 7) is 6.94. The highest BCUT2D eigenvalue weighted by molar-refractivity contribution is 5.95. The standard InChI is InChI=1S/C14H22N4O2.C2H4O2/c1-10-13(7-17(3)15-10)14(19)18-5-11-4-16(2)12(6-18)9-20-8-11;1-2(3)4/h7,11-12H,4-6,8-9H2,1-3H3;1H3,(H,3,4)/t11-,12+;/m1./s1. The summed E-state index contributed by atoms with van der Waals surface area (Å²) in [5, 5.41) is 11.7. The van der Waals surface area contributed by atoms with Gasteiger partial charge in [0.25, 0.3) is 11.9 Å². The molecule has 0 saturated carbocycles. The highest BCUT2D eigenvalue weighted by atomic mass is 16.5. The first-order valence-electron chi connectivity index (χ1n) is 8.05. The number of rotatable bonds is 1. The number of carbonyl (C=O) groups excluding carboxylic acids is 1. The molecule has 3 rings (SSSR count). The van der Waals surface area contributed by atoms with Crippen molar-refractivity contribution >= 4 is 11.9 Å². The molecule has 3 heterocycles. The van der Waals surface area contributed by atoms with Gasteiger partial charge in [-0.25, -0.2) is 0 Å². The van der Waals surface area contributed by atoms with E-state index >= 15 is 0 Å². The summed E-state index contributed by atoms with van der Waals surface area (Å²) in [5.41, 5.74) is 1.52. The molecule has 8 heteroatoms. The van der Waals surface area contributed by atoms with E-state index < -0.39 is 5.97 Å². The molecule has 0 radical (unpaired) electrons. The second-order valence-corrected chi connectivity index (χ2v) is 6.53. The van der Waals surface area contributed by atoms with Crippen molar-refractivity contribution in [1.82, 2.24) is 19.6 Å². The Kier molecular flexibility index (Phi) is 5.95. The van der Waals surface area contributed by atoms with E-state index in [4.69, 9.17) is 14.6 Å². The van der Waals surface area contributed by atoms with Crippen LogP contribution in [0.1, 0.15) is 23.0 Å². The van der Waals surface area contributed by atoms with Crippen molar-refractivity contribution in [3.63, 3.8) is 0 Å². The normalized spacial score (nSPS) is 23.9. The van der Waals surface area contributed by atoms with Crippen molar-refractivity contribution in [2.45, 2.75) is 19.9 Å². The Morgan fingerprint density at radius 3 is 2.50 bits per heavy atom. The molecule has 24 heavy (non-hydrogen) atoms. The summed E-state index contributed by atoms with van der Waals surface area (Å²) in [4.78, 5) is 26.0. The highest BCUT2D eigenvalue weighted by Crippen LogP contribution is 2.20. The number of amides is 1. The van der Waals surface area contributed by atoms with Crippen LogP contribution in [0.3, 0.4) is 0 Å². The Balaban J connectivity index is 0.000000471. The van der Waals surface area contributed by atoms with Gasteiger partial charge in [-0.3, -0.25) is 19.2 Å². The molecule has 0 unspecified atom stereocenters. The van der Waals surface area contributed by atoms with Crippen molar-refractivity contribution < 1.29 is 19.4 Å². The van der Waals surface area contributed by atoms with E-state index in [-0.39, 0.29) is 5.91 Å². The molecule has 1 amide bonds. The average molecular weight is 338 g/mol. The summed E-state index contributed by atoms with van der Waals surface area (Å²) >= 11 is 0. The van der Waals surface area contributed by atoms with Crippen LogP contribution in [0, 0.1) is 12.8 Å². The molecule has 2 saturated heterocycles. The number of nitrogens with zero attached hydrogens (tertiary/aromatic N) is 4. The first-order chi connectivity index (χ1) is 11.3. The zero-order valence-corrected chi connectivity index (χ0v) is 14.7. The lowest BCUT2D eigenvalue weighted by Gasteiger charge is -2.29. The Morgan fingerprint density at radius 2 is 1.92 bits per heavy atom. The van der Waals surface area contributed by atoms with Crippen LogP contribution in [0.15, 0.2) is 6.20 Å². The summed E-state index contributed by atoms with van der Waals surface area (Å²) in [6.07, 6.45) is 1.82. The van der Waals surface area contributed by atoms with Crippen LogP contribution in [0.5, 0.6) is 0 Å². The number of carboxylic acids is 1. The van der Waals surface area contributed by atoms with Crippen LogP contribution in [0.4, 0.5) is 0 Å². The molecular formula is C16H26N4O4. The third-order valence-corrected chi connectivity index (χ3v) is 4.27. The molecule has 134 valence electrons. The zero-order chi connectivity index (χ0) is 17.9. The van der Waals surface area contributed by atoms with Crippen LogP contribution in [-0.2, 0) is 16.6 Å². The lowest BCUT2D eigenvalue weighted by atomic mass is 10.1. The van der Waals surface area contributed by atoms with Crippen LogP contribution < -0.4 is 0 Å². The number of hydrogen-bond donors (Lipinski definition) is 1. The predicted molar refractivity (Wildman–Crippen MR) is 87.9 cm³/mol. The first-order valence-corrected chi connectivity index (χ1v) is 8.05. The maximum absolute atomic E-state index is 12.7. The number of ether oxygens (including phenoxy) is 1. The Morgan fingerprint density at radius 1 is 1.25 bits per heavy atom. The summed E-state index contributed by atoms with van der Waals surface area (Å²) in [5.74, 6) is -0.337. The molecule has 2 fully saturated rings. The minimum atomic E-state index is -0.833. The van der Waals surface area contributed by atoms with E-state index in [1.165, 1.54) is 0 Å². The van der Waals surface area contributed by atoms with Crippen molar-refractivity contribution in [1.29, 1.82) is 0 Å². The number of aryl methyl sites for hydroxylation is 2. The minimum absolute atomic E-state index is 0.0998. The number of carboxylic acid groups (broad SMARTS) is 1. The summed E-state index contributed by atoms with van der Waals surface area (Å²) < 4.78 is 7.40. The quantitative estimate of drug-likeness (QED) is 0.788. The zero-order valence-electron chi connectivity index (χ0n) is 14.7. The second-order valence-electron chi connectivity index (χ2n) is 6.53. The Bertz CT molecular complexity index is 597. The number of aromatic nitrogens is 2. The third kappa shape index (κ3) is 4.55. The smallest absolute Gasteiger partial charge is 0.300 e. The summed E-state index contributed by atoms with van der Waals surface area (Å²) in [7, 11) is 3.97. The molecule has 2 aliphatic heterocycles. The van der Waals surface area contributed by atoms with Gasteiger partial charge in [0.05, 0.1) is 30.5 Å². The number of aliphatic carboxylic acids is 1. The van der Waals surface area contributed by atoms with E-state index in [9.17, 15) is 4.79 Å². The molecule has 8 nitrogen and oxygen atoms in total. The van der Waals surface area contributed by atoms with Crippen LogP contribution in [0.25, 0.3) is 0 Å². The van der Waals surface area contributed by atoms with Gasteiger partial charge in [0.2, 0.25) is 0 Å². The lowest BCUT2D eigenvalue weighted by molar-refractivity contribution is -0.134. The average Bonchev–Trinajstić information content (AvgIpc) is 2.61. The maximum atomic E-state index is 12.7. The second kappa shape index (κ2) is 7.76. The summed E-state index contributed by atoms with van der Waals surface area (Å²) in [6, 6.07) is 0.295. The number of carbonyl (C=O) groups is 2. The first kappa shape index (κ1) is 18.4. The van der Waals surface area contributed by atoms with E-state index in [0.29, 0.717) is 18.6 Å². The lowest BCUT2D eigenvalue weighted by Crippen LogP contribution is -2.44. The molecule has 2 aliphatic rings. The van der Waals surface area contributed by atoms with E-state index in [1.807, 2.05) is 25.1 Å². The molecule has 1 N–H and O–H groups in total. The van der Waals surface area contributed by atoms with E-state index in [0.717, 1.165) is 44.4 Å². The minimum Gasteiger partial charge on any atom is -0.481 e. The van der Waals surface area contributed by atoms with Crippen LogP contribution in [-0.4, -0.2) is 82.5 Å². The topological polar surface area (TPSA) is 87.9 Å². The largest absolute Gasteiger partial charge is 0.481 e. The fourth-order valence-electron chi connectivity index (χ4n) is 3.20. The van der Waals surface area contributed by atoms with Crippen molar-refractivity contribution in [3.05, 3.63) is 17.5 Å². The van der Waals surface area contributed by atoms with Gasteiger partial charge in [0.1, 0.15) is 0 Å². The van der Waals surface area contributed by atoms with Gasteiger partial charge >= 0.3 is 0 Å². The van der Waals surface area contributed by atoms with E-state index in [1.54, 1.807) is 4.68 Å². The highest BCUT2D eigenvalue weighted by Gasteiger charge is 2.34. The molecule has 0 spiro atoms. The fraction of sp³-hybridized carbons (Fsp3) is 0.688. The van der Waals surface area contributed by atoms with Crippen LogP contribution in [0.2, 0.25) is 0 Å². The molecular weight excluding hydrogens is 312 g/mol. The Labute approximate surface area is 142 Å². The van der Waals surface area contributed by atoms with Gasteiger partial charge in [0, 0.05) is 45.7 Å². The molecule has 1 aromatic rings. The fourth-order valence-corrected chi connectivity index (χ4v) is 3.20. The van der Waals surface area contributed by atoms with Gasteiger partial charge in [-0.1, -0.05) is 0 Å². The van der Waals surface area contributed by atoms with Gasteiger partial charge in [0.15, 0.2) is 0 Å². The van der Waals surface area contributed by atoms with Gasteiger partial charge in [-0.05, 0) is 14.0 Å². The van der Waals surface area contributed by atoms with Crippen LogP contribution >= 0.6 is 0 Å². The number of fused-ring (bicyclic) bond motifs is 3. The molecule has 0 aromatic carbocycles. The van der Waals surface area contributed by atoms with Crippen molar-refractivity contribution in [3.8, 4) is 0 Å². The molecule has 2 bridgehead atoms. The van der Waals surface area contributed by atoms with Crippen molar-refractivity contribution in [2.24, 2.45) is 13.0 Å². The maximum Gasteiger partial charge on any atom is 0.300 e. The van der Waals surface area contributed by atoms with Crippen molar-refractivity contribution in [2.75, 3.05) is 39.9 Å². The predicted octanol–water partition coefficient (Wildman–Crippen LogP) is 0.222. The SMILES string of the molecule is CC(=O)O.Cc1nn(C)cc1C(=O)N1C[C@@H]2COC[C@H](C1)N(C)C2. The third-order valence-electron chi connectivity index (χ3n) is 4.27. The monoisotopic (exact) mass is 338 g/mol.